The van der Waals surface area contributed by atoms with Gasteiger partial charge in [0, 0.05) is 21.9 Å². The molecule has 4 heteroatoms. The maximum Gasteiger partial charge on any atom is 0.194 e. The number of aromatic nitrogens is 1. The number of aliphatic imine (C=N–C) groups is 1. The molecule has 2 aromatic heterocycles. The van der Waals surface area contributed by atoms with Crippen LogP contribution in [0, 0.1) is 6.57 Å². The maximum atomic E-state index is 7.54. The van der Waals surface area contributed by atoms with E-state index in [1.165, 1.54) is 0 Å². The van der Waals surface area contributed by atoms with Gasteiger partial charge < -0.3 is 4.42 Å². The fourth-order valence-corrected chi connectivity index (χ4v) is 6.19. The molecule has 0 amide bonds. The molecule has 0 N–H and O–H groups in total. The van der Waals surface area contributed by atoms with E-state index in [1.807, 2.05) is 66.7 Å². The lowest BCUT2D eigenvalue weighted by atomic mass is 9.95. The highest BCUT2D eigenvalue weighted by Gasteiger charge is 2.18. The van der Waals surface area contributed by atoms with Gasteiger partial charge in [-0.25, -0.2) is 9.83 Å². The Morgan fingerprint density at radius 1 is 0.696 bits per heavy atom. The van der Waals surface area contributed by atoms with Crippen molar-refractivity contribution in [1.82, 2.24) is 4.98 Å². The Hall–Kier alpha value is -6.31. The van der Waals surface area contributed by atoms with E-state index in [2.05, 4.69) is 84.2 Å². The van der Waals surface area contributed by atoms with Gasteiger partial charge in [0.2, 0.25) is 0 Å². The number of nitrogens with zero attached hydrogens (tertiary/aromatic N) is 3. The van der Waals surface area contributed by atoms with Gasteiger partial charge in [-0.05, 0) is 57.7 Å². The second-order valence-electron chi connectivity index (χ2n) is 11.3. The zero-order chi connectivity index (χ0) is 31.0. The van der Waals surface area contributed by atoms with E-state index in [4.69, 9.17) is 21.0 Å². The highest BCUT2D eigenvalue weighted by molar-refractivity contribution is 6.17. The van der Waals surface area contributed by atoms with Crippen LogP contribution in [-0.4, -0.2) is 10.7 Å². The lowest BCUT2D eigenvalue weighted by molar-refractivity contribution is 0.669. The molecule has 7 aromatic rings. The number of hydrogen-bond acceptors (Lipinski definition) is 3. The summed E-state index contributed by atoms with van der Waals surface area (Å²) in [6, 6.07) is 43.0. The standard InChI is InChI=1S/C42H27N3O/c1-27-15-17-32-22-23-36(31-9-4-3-5-10-31)45-42(32)41(27)44-26-28-16-24-38-35(25-28)40-34(12-8-14-39(40)46-38)30-20-18-29(19-21-30)33-11-6-7-13-37(33)43-2/h3-25H,1,26H2. The molecule has 0 atom stereocenters. The number of fused-ring (bicyclic) bond motifs is 4. The molecule has 1 aliphatic rings. The van der Waals surface area contributed by atoms with Crippen molar-refractivity contribution in [3.63, 3.8) is 0 Å². The molecule has 0 saturated carbocycles. The second-order valence-corrected chi connectivity index (χ2v) is 11.3. The van der Waals surface area contributed by atoms with Gasteiger partial charge >= 0.3 is 0 Å². The number of rotatable bonds is 5. The van der Waals surface area contributed by atoms with Gasteiger partial charge in [-0.15, -0.1) is 0 Å². The Kier molecular flexibility index (Phi) is 6.70. The van der Waals surface area contributed by atoms with Crippen LogP contribution < -0.4 is 0 Å². The summed E-state index contributed by atoms with van der Waals surface area (Å²) in [6.45, 7) is 12.3. The molecular weight excluding hydrogens is 562 g/mol. The number of furan rings is 1. The summed E-state index contributed by atoms with van der Waals surface area (Å²) in [6.07, 6.45) is 4.06. The van der Waals surface area contributed by atoms with E-state index in [0.717, 1.165) is 83.6 Å². The molecule has 0 radical (unpaired) electrons. The van der Waals surface area contributed by atoms with Crippen LogP contribution in [0.3, 0.4) is 0 Å². The molecule has 8 rings (SSSR count). The largest absolute Gasteiger partial charge is 0.456 e. The number of para-hydroxylation sites is 1. The van der Waals surface area contributed by atoms with Crippen molar-refractivity contribution < 1.29 is 4.42 Å². The Morgan fingerprint density at radius 3 is 2.28 bits per heavy atom. The lowest BCUT2D eigenvalue weighted by Gasteiger charge is -2.16. The molecule has 216 valence electrons. The summed E-state index contributed by atoms with van der Waals surface area (Å²) >= 11 is 0. The fourth-order valence-electron chi connectivity index (χ4n) is 6.19. The SMILES string of the molecule is [C-]#[N+]c1ccccc1-c1ccc(-c2cccc3oc4ccc(CN=C5C(=C)C=Cc6ccc(-c7ccccc7)nc65)cc4c23)cc1. The average Bonchev–Trinajstić information content (AvgIpc) is 3.49. The molecule has 1 aliphatic carbocycles. The zero-order valence-electron chi connectivity index (χ0n) is 24.9. The molecule has 5 aromatic carbocycles. The van der Waals surface area contributed by atoms with Crippen LogP contribution in [0.4, 0.5) is 5.69 Å². The van der Waals surface area contributed by atoms with Gasteiger partial charge in [0.1, 0.15) is 11.2 Å². The Bertz CT molecular complexity index is 2400. The van der Waals surface area contributed by atoms with Crippen molar-refractivity contribution in [2.45, 2.75) is 6.54 Å². The molecule has 0 bridgehead atoms. The number of hydrogen-bond donors (Lipinski definition) is 0. The van der Waals surface area contributed by atoms with Crippen LogP contribution in [0.25, 0.3) is 66.4 Å². The third-order valence-corrected chi connectivity index (χ3v) is 8.50. The van der Waals surface area contributed by atoms with E-state index in [0.29, 0.717) is 12.2 Å². The summed E-state index contributed by atoms with van der Waals surface area (Å²) in [5.41, 5.74) is 13.1. The first-order chi connectivity index (χ1) is 22.7. The fraction of sp³-hybridized carbons (Fsp3) is 0.0238. The molecule has 0 aliphatic heterocycles. The van der Waals surface area contributed by atoms with Gasteiger partial charge in [-0.3, -0.25) is 4.99 Å². The van der Waals surface area contributed by atoms with Crippen molar-refractivity contribution in [1.29, 1.82) is 0 Å². The minimum atomic E-state index is 0.485. The second kappa shape index (κ2) is 11.3. The van der Waals surface area contributed by atoms with Crippen molar-refractivity contribution in [2.75, 3.05) is 0 Å². The van der Waals surface area contributed by atoms with Crippen molar-refractivity contribution in [2.24, 2.45) is 4.99 Å². The maximum absolute atomic E-state index is 7.54. The van der Waals surface area contributed by atoms with E-state index < -0.39 is 0 Å². The van der Waals surface area contributed by atoms with Crippen LogP contribution in [-0.2, 0) is 6.54 Å². The van der Waals surface area contributed by atoms with Gasteiger partial charge in [0.25, 0.3) is 0 Å². The van der Waals surface area contributed by atoms with Crippen LogP contribution in [0.5, 0.6) is 0 Å². The molecule has 2 heterocycles. The first-order valence-corrected chi connectivity index (χ1v) is 15.2. The highest BCUT2D eigenvalue weighted by atomic mass is 16.3. The Labute approximate surface area is 267 Å². The van der Waals surface area contributed by atoms with E-state index >= 15 is 0 Å². The number of benzene rings is 5. The quantitative estimate of drug-likeness (QED) is 0.187. The van der Waals surface area contributed by atoms with Gasteiger partial charge in [0.15, 0.2) is 5.69 Å². The van der Waals surface area contributed by atoms with Gasteiger partial charge in [-0.2, -0.15) is 0 Å². The van der Waals surface area contributed by atoms with Gasteiger partial charge in [0.05, 0.1) is 30.2 Å². The summed E-state index contributed by atoms with van der Waals surface area (Å²) in [7, 11) is 0. The smallest absolute Gasteiger partial charge is 0.194 e. The topological polar surface area (TPSA) is 42.8 Å². The molecule has 0 saturated heterocycles. The monoisotopic (exact) mass is 589 g/mol. The zero-order valence-corrected chi connectivity index (χ0v) is 24.9. The van der Waals surface area contributed by atoms with Crippen LogP contribution >= 0.6 is 0 Å². The van der Waals surface area contributed by atoms with Crippen molar-refractivity contribution in [3.05, 3.63) is 174 Å². The summed E-state index contributed by atoms with van der Waals surface area (Å²) in [5.74, 6) is 0. The van der Waals surface area contributed by atoms with Crippen LogP contribution in [0.1, 0.15) is 16.8 Å². The number of pyridine rings is 1. The number of allylic oxidation sites excluding steroid dienone is 2. The van der Waals surface area contributed by atoms with E-state index in [9.17, 15) is 0 Å². The Morgan fingerprint density at radius 2 is 1.46 bits per heavy atom. The highest BCUT2D eigenvalue weighted by Crippen LogP contribution is 2.38. The predicted octanol–water partition coefficient (Wildman–Crippen LogP) is 11.1. The van der Waals surface area contributed by atoms with Crippen LogP contribution in [0.15, 0.2) is 155 Å². The molecule has 4 nitrogen and oxygen atoms in total. The molecule has 0 spiro atoms. The predicted molar refractivity (Wildman–Crippen MR) is 189 cm³/mol. The third-order valence-electron chi connectivity index (χ3n) is 8.50. The van der Waals surface area contributed by atoms with Crippen LogP contribution in [0.2, 0.25) is 0 Å². The minimum Gasteiger partial charge on any atom is -0.456 e. The molecule has 46 heavy (non-hydrogen) atoms. The van der Waals surface area contributed by atoms with E-state index in [1.54, 1.807) is 0 Å². The molecule has 0 unspecified atom stereocenters. The average molecular weight is 590 g/mol. The molecular formula is C42H27N3O. The summed E-state index contributed by atoms with van der Waals surface area (Å²) in [4.78, 5) is 13.8. The minimum absolute atomic E-state index is 0.485. The van der Waals surface area contributed by atoms with E-state index in [-0.39, 0.29) is 0 Å². The Balaban J connectivity index is 1.16. The van der Waals surface area contributed by atoms with Crippen molar-refractivity contribution in [3.8, 4) is 33.5 Å². The normalized spacial score (nSPS) is 13.3. The lowest BCUT2D eigenvalue weighted by Crippen LogP contribution is -2.12. The first-order valence-electron chi connectivity index (χ1n) is 15.2. The summed E-state index contributed by atoms with van der Waals surface area (Å²) < 4.78 is 6.30. The van der Waals surface area contributed by atoms with Gasteiger partial charge in [-0.1, -0.05) is 122 Å². The third kappa shape index (κ3) is 4.81. The van der Waals surface area contributed by atoms with Crippen molar-refractivity contribution >= 4 is 39.4 Å². The summed E-state index contributed by atoms with van der Waals surface area (Å²) in [5, 5.41) is 2.13. The molecule has 0 fully saturated rings. The first kappa shape index (κ1) is 27.3.